The zero-order chi connectivity index (χ0) is 25.2. The molecule has 0 bridgehead atoms. The van der Waals surface area contributed by atoms with E-state index in [2.05, 4.69) is 65.1 Å². The Hall–Kier alpha value is -5.29. The van der Waals surface area contributed by atoms with Gasteiger partial charge >= 0.3 is 0 Å². The van der Waals surface area contributed by atoms with E-state index in [0.717, 1.165) is 44.2 Å². The predicted molar refractivity (Wildman–Crippen MR) is 154 cm³/mol. The Bertz CT molecular complexity index is 2250. The quantitative estimate of drug-likeness (QED) is 0.192. The molecule has 8 aromatic rings. The Kier molecular flexibility index (Phi) is 4.31. The summed E-state index contributed by atoms with van der Waals surface area (Å²) in [6, 6.07) is 40.7. The lowest BCUT2D eigenvalue weighted by molar-refractivity contribution is 1.05. The summed E-state index contributed by atoms with van der Waals surface area (Å²) < 4.78 is 3.75. The van der Waals surface area contributed by atoms with E-state index in [0.29, 0.717) is 22.3 Å². The van der Waals surface area contributed by atoms with Gasteiger partial charge in [-0.25, -0.2) is 14.4 Å². The lowest BCUT2D eigenvalue weighted by Crippen LogP contribution is -2.18. The molecule has 0 amide bonds. The number of para-hydroxylation sites is 1. The first-order valence-corrected chi connectivity index (χ1v) is 12.6. The molecule has 5 aromatic carbocycles. The second-order valence-corrected chi connectivity index (χ2v) is 9.51. The molecule has 0 aliphatic heterocycles. The van der Waals surface area contributed by atoms with Crippen molar-refractivity contribution in [1.82, 2.24) is 18.8 Å². The SMILES string of the molecule is O=c1c2ccccc2nc2c3cc(-c4ccccc4)ccc3n3c4ccc(-c5ccccc5)cc4nc3n12. The first kappa shape index (κ1) is 20.9. The van der Waals surface area contributed by atoms with Crippen molar-refractivity contribution in [2.75, 3.05) is 0 Å². The van der Waals surface area contributed by atoms with E-state index < -0.39 is 0 Å². The highest BCUT2D eigenvalue weighted by Gasteiger charge is 2.18. The van der Waals surface area contributed by atoms with Crippen LogP contribution in [0.3, 0.4) is 0 Å². The summed E-state index contributed by atoms with van der Waals surface area (Å²) in [4.78, 5) is 23.9. The molecule has 0 unspecified atom stereocenters. The fourth-order valence-electron chi connectivity index (χ4n) is 5.48. The van der Waals surface area contributed by atoms with Gasteiger partial charge in [0.1, 0.15) is 0 Å². The van der Waals surface area contributed by atoms with Crippen molar-refractivity contribution in [3.8, 4) is 22.3 Å². The Morgan fingerprint density at radius 2 is 1.11 bits per heavy atom. The molecule has 0 saturated carbocycles. The van der Waals surface area contributed by atoms with Crippen LogP contribution in [0.5, 0.6) is 0 Å². The van der Waals surface area contributed by atoms with Gasteiger partial charge in [0, 0.05) is 5.39 Å². The molecule has 0 atom stereocenters. The van der Waals surface area contributed by atoms with Crippen molar-refractivity contribution in [2.45, 2.75) is 0 Å². The van der Waals surface area contributed by atoms with E-state index in [1.165, 1.54) is 0 Å². The van der Waals surface area contributed by atoms with Gasteiger partial charge in [0.25, 0.3) is 5.56 Å². The van der Waals surface area contributed by atoms with Crippen molar-refractivity contribution < 1.29 is 0 Å². The molecule has 0 N–H and O–H groups in total. The second-order valence-electron chi connectivity index (χ2n) is 9.51. The van der Waals surface area contributed by atoms with Gasteiger partial charge in [-0.1, -0.05) is 84.9 Å². The number of benzene rings is 5. The third-order valence-corrected chi connectivity index (χ3v) is 7.31. The van der Waals surface area contributed by atoms with Gasteiger partial charge in [0.2, 0.25) is 5.78 Å². The summed E-state index contributed by atoms with van der Waals surface area (Å²) in [5.41, 5.74) is 8.26. The van der Waals surface area contributed by atoms with Crippen LogP contribution >= 0.6 is 0 Å². The number of nitrogens with zero attached hydrogens (tertiary/aromatic N) is 4. The van der Waals surface area contributed by atoms with Crippen molar-refractivity contribution in [3.05, 3.63) is 132 Å². The van der Waals surface area contributed by atoms with Gasteiger partial charge in [-0.3, -0.25) is 9.20 Å². The molecule has 0 spiro atoms. The maximum Gasteiger partial charge on any atom is 0.268 e. The largest absolute Gasteiger partial charge is 0.277 e. The van der Waals surface area contributed by atoms with Crippen LogP contribution in [0.1, 0.15) is 0 Å². The third-order valence-electron chi connectivity index (χ3n) is 7.31. The third kappa shape index (κ3) is 2.96. The molecule has 3 heterocycles. The minimum absolute atomic E-state index is 0.124. The Morgan fingerprint density at radius 3 is 1.84 bits per heavy atom. The van der Waals surface area contributed by atoms with Crippen LogP contribution in [0, 0.1) is 0 Å². The monoisotopic (exact) mass is 488 g/mol. The van der Waals surface area contributed by atoms with Crippen LogP contribution in [0.25, 0.3) is 66.5 Å². The fraction of sp³-hybridized carbons (Fsp3) is 0. The molecular formula is C33H20N4O. The molecular weight excluding hydrogens is 468 g/mol. The van der Waals surface area contributed by atoms with E-state index in [-0.39, 0.29) is 5.56 Å². The van der Waals surface area contributed by atoms with Crippen LogP contribution in [0.2, 0.25) is 0 Å². The first-order chi connectivity index (χ1) is 18.8. The molecule has 0 saturated heterocycles. The number of rotatable bonds is 2. The van der Waals surface area contributed by atoms with Crippen LogP contribution in [0.4, 0.5) is 0 Å². The predicted octanol–water partition coefficient (Wildman–Crippen LogP) is 7.14. The smallest absolute Gasteiger partial charge is 0.268 e. The fourth-order valence-corrected chi connectivity index (χ4v) is 5.48. The number of hydrogen-bond acceptors (Lipinski definition) is 3. The molecule has 38 heavy (non-hydrogen) atoms. The highest BCUT2D eigenvalue weighted by molar-refractivity contribution is 6.01. The standard InChI is InChI=1S/C33H20N4O/c38-32-25-13-7-8-14-27(25)34-31-26-19-23(21-9-3-1-4-10-21)15-17-29(26)36-30-18-16-24(22-11-5-2-6-12-22)20-28(30)35-33(36)37(31)32/h1-20H. The molecule has 0 fully saturated rings. The summed E-state index contributed by atoms with van der Waals surface area (Å²) in [5, 5.41) is 1.47. The Morgan fingerprint density at radius 1 is 0.474 bits per heavy atom. The van der Waals surface area contributed by atoms with Gasteiger partial charge < -0.3 is 0 Å². The summed E-state index contributed by atoms with van der Waals surface area (Å²) in [6.07, 6.45) is 0. The molecule has 0 aliphatic carbocycles. The maximum atomic E-state index is 13.9. The molecule has 5 nitrogen and oxygen atoms in total. The molecule has 3 aromatic heterocycles. The van der Waals surface area contributed by atoms with Crippen LogP contribution in [-0.2, 0) is 0 Å². The maximum absolute atomic E-state index is 13.9. The van der Waals surface area contributed by atoms with Gasteiger partial charge in [0.15, 0.2) is 5.65 Å². The van der Waals surface area contributed by atoms with Crippen LogP contribution in [-0.4, -0.2) is 18.8 Å². The van der Waals surface area contributed by atoms with Crippen molar-refractivity contribution in [2.24, 2.45) is 0 Å². The van der Waals surface area contributed by atoms with Crippen LogP contribution < -0.4 is 5.56 Å². The van der Waals surface area contributed by atoms with E-state index in [9.17, 15) is 4.79 Å². The normalized spacial score (nSPS) is 11.8. The van der Waals surface area contributed by atoms with Gasteiger partial charge in [-0.2, -0.15) is 0 Å². The molecule has 8 rings (SSSR count). The van der Waals surface area contributed by atoms with Crippen molar-refractivity contribution in [1.29, 1.82) is 0 Å². The summed E-state index contributed by atoms with van der Waals surface area (Å²) >= 11 is 0. The van der Waals surface area contributed by atoms with Gasteiger partial charge in [-0.15, -0.1) is 0 Å². The summed E-state index contributed by atoms with van der Waals surface area (Å²) in [7, 11) is 0. The molecule has 178 valence electrons. The van der Waals surface area contributed by atoms with E-state index >= 15 is 0 Å². The summed E-state index contributed by atoms with van der Waals surface area (Å²) in [5.74, 6) is 0.559. The zero-order valence-corrected chi connectivity index (χ0v) is 20.2. The molecule has 0 radical (unpaired) electrons. The highest BCUT2D eigenvalue weighted by atomic mass is 16.1. The van der Waals surface area contributed by atoms with Gasteiger partial charge in [-0.05, 0) is 58.7 Å². The van der Waals surface area contributed by atoms with Crippen molar-refractivity contribution in [3.63, 3.8) is 0 Å². The van der Waals surface area contributed by atoms with E-state index in [1.54, 1.807) is 4.40 Å². The average Bonchev–Trinajstić information content (AvgIpc) is 3.36. The Labute approximate surface area is 216 Å². The Balaban J connectivity index is 1.56. The lowest BCUT2D eigenvalue weighted by Gasteiger charge is -2.12. The molecule has 5 heteroatoms. The number of hydrogen-bond donors (Lipinski definition) is 0. The van der Waals surface area contributed by atoms with Crippen LogP contribution in [0.15, 0.2) is 126 Å². The first-order valence-electron chi connectivity index (χ1n) is 12.6. The topological polar surface area (TPSA) is 51.7 Å². The number of aromatic nitrogens is 4. The number of imidazole rings is 1. The second kappa shape index (κ2) is 7.85. The van der Waals surface area contributed by atoms with Gasteiger partial charge in [0.05, 0.1) is 27.5 Å². The molecule has 0 aliphatic rings. The lowest BCUT2D eigenvalue weighted by atomic mass is 10.0. The average molecular weight is 489 g/mol. The minimum Gasteiger partial charge on any atom is -0.277 e. The number of fused-ring (bicyclic) bond motifs is 9. The zero-order valence-electron chi connectivity index (χ0n) is 20.2. The van der Waals surface area contributed by atoms with E-state index in [1.807, 2.05) is 60.7 Å². The highest BCUT2D eigenvalue weighted by Crippen LogP contribution is 2.32. The summed E-state index contributed by atoms with van der Waals surface area (Å²) in [6.45, 7) is 0. The van der Waals surface area contributed by atoms with E-state index in [4.69, 9.17) is 9.97 Å². The minimum atomic E-state index is -0.124. The van der Waals surface area contributed by atoms with Crippen molar-refractivity contribution >= 4 is 44.3 Å².